The second-order valence-electron chi connectivity index (χ2n) is 8.06. The summed E-state index contributed by atoms with van der Waals surface area (Å²) >= 11 is 0. The van der Waals surface area contributed by atoms with Crippen molar-refractivity contribution in [2.75, 3.05) is 26.0 Å². The average Bonchev–Trinajstić information content (AvgIpc) is 3.10. The van der Waals surface area contributed by atoms with Gasteiger partial charge in [-0.15, -0.1) is 0 Å². The molecule has 0 aliphatic heterocycles. The molecule has 4 rings (SSSR count). The summed E-state index contributed by atoms with van der Waals surface area (Å²) in [5.41, 5.74) is 7.61. The first-order valence-corrected chi connectivity index (χ1v) is 10.1. The van der Waals surface area contributed by atoms with Crippen LogP contribution in [0.2, 0.25) is 0 Å². The van der Waals surface area contributed by atoms with Gasteiger partial charge in [-0.1, -0.05) is 54.1 Å². The molecule has 0 spiro atoms. The fraction of sp³-hybridized carbons (Fsp3) is 0.192. The van der Waals surface area contributed by atoms with Gasteiger partial charge in [0.2, 0.25) is 5.91 Å². The first kappa shape index (κ1) is 20.0. The Morgan fingerprint density at radius 3 is 2.30 bits per heavy atom. The van der Waals surface area contributed by atoms with E-state index in [-0.39, 0.29) is 11.7 Å². The molecule has 3 aromatic carbocycles. The predicted molar refractivity (Wildman–Crippen MR) is 121 cm³/mol. The van der Waals surface area contributed by atoms with Crippen molar-refractivity contribution in [3.05, 3.63) is 94.8 Å². The first-order valence-electron chi connectivity index (χ1n) is 10.1. The second kappa shape index (κ2) is 8.64. The first-order chi connectivity index (χ1) is 14.5. The van der Waals surface area contributed by atoms with E-state index in [1.165, 1.54) is 28.8 Å². The molecular weight excluding hydrogens is 375 g/mol. The zero-order valence-electron chi connectivity index (χ0n) is 17.3. The van der Waals surface area contributed by atoms with Crippen LogP contribution in [-0.4, -0.2) is 31.4 Å². The van der Waals surface area contributed by atoms with Gasteiger partial charge >= 0.3 is 0 Å². The number of likely N-dealkylation sites (N-methyl/N-ethyl adjacent to an activating group) is 1. The summed E-state index contributed by atoms with van der Waals surface area (Å²) < 4.78 is 13.1. The standard InChI is InChI=1S/C26H25FN2O/c1-29(2)17-19-13-22-9-12-25(16-23(22)14-19)28-26(30)15-18-3-5-20(6-4-18)21-7-10-24(27)11-8-21/h3-13,16H,14-15,17H2,1-2H3,(H,28,30). The van der Waals surface area contributed by atoms with Crippen molar-refractivity contribution in [1.82, 2.24) is 4.90 Å². The van der Waals surface area contributed by atoms with Crippen molar-refractivity contribution in [1.29, 1.82) is 0 Å². The number of rotatable bonds is 6. The fourth-order valence-electron chi connectivity index (χ4n) is 3.85. The highest BCUT2D eigenvalue weighted by Crippen LogP contribution is 2.28. The van der Waals surface area contributed by atoms with E-state index in [0.717, 1.165) is 35.3 Å². The van der Waals surface area contributed by atoms with Crippen LogP contribution in [0.25, 0.3) is 17.2 Å². The molecule has 4 heteroatoms. The number of benzene rings is 3. The summed E-state index contributed by atoms with van der Waals surface area (Å²) in [6, 6.07) is 20.3. The molecule has 1 amide bonds. The van der Waals surface area contributed by atoms with Gasteiger partial charge in [-0.3, -0.25) is 4.79 Å². The van der Waals surface area contributed by atoms with Crippen LogP contribution in [0.5, 0.6) is 0 Å². The third kappa shape index (κ3) is 4.84. The number of amides is 1. The summed E-state index contributed by atoms with van der Waals surface area (Å²) in [4.78, 5) is 14.7. The average molecular weight is 400 g/mol. The Morgan fingerprint density at radius 2 is 1.63 bits per heavy atom. The molecule has 3 aromatic rings. The predicted octanol–water partition coefficient (Wildman–Crippen LogP) is 5.18. The zero-order chi connectivity index (χ0) is 21.1. The fourth-order valence-corrected chi connectivity index (χ4v) is 3.85. The number of nitrogens with one attached hydrogen (secondary N) is 1. The number of anilines is 1. The Bertz CT molecular complexity index is 1080. The number of hydrogen-bond acceptors (Lipinski definition) is 2. The minimum atomic E-state index is -0.247. The lowest BCUT2D eigenvalue weighted by Gasteiger charge is -2.10. The van der Waals surface area contributed by atoms with Crippen LogP contribution in [-0.2, 0) is 17.6 Å². The van der Waals surface area contributed by atoms with Gasteiger partial charge in [0.1, 0.15) is 5.82 Å². The maximum atomic E-state index is 13.1. The van der Waals surface area contributed by atoms with Gasteiger partial charge in [0, 0.05) is 12.2 Å². The van der Waals surface area contributed by atoms with Crippen molar-refractivity contribution in [2.45, 2.75) is 12.8 Å². The molecule has 0 aromatic heterocycles. The van der Waals surface area contributed by atoms with Crippen LogP contribution in [0.15, 0.2) is 72.3 Å². The lowest BCUT2D eigenvalue weighted by molar-refractivity contribution is -0.115. The quantitative estimate of drug-likeness (QED) is 0.619. The van der Waals surface area contributed by atoms with Gasteiger partial charge in [0.05, 0.1) is 6.42 Å². The topological polar surface area (TPSA) is 32.3 Å². The van der Waals surface area contributed by atoms with Crippen LogP contribution >= 0.6 is 0 Å². The number of carbonyl (C=O) groups is 1. The summed E-state index contributed by atoms with van der Waals surface area (Å²) in [6.45, 7) is 0.949. The summed E-state index contributed by atoms with van der Waals surface area (Å²) in [7, 11) is 4.14. The molecule has 0 atom stereocenters. The maximum Gasteiger partial charge on any atom is 0.228 e. The van der Waals surface area contributed by atoms with E-state index < -0.39 is 0 Å². The van der Waals surface area contributed by atoms with Gasteiger partial charge in [-0.25, -0.2) is 4.39 Å². The summed E-state index contributed by atoms with van der Waals surface area (Å²) in [5, 5.41) is 3.01. The van der Waals surface area contributed by atoms with Gasteiger partial charge in [-0.05, 0) is 72.6 Å². The monoisotopic (exact) mass is 400 g/mol. The second-order valence-corrected chi connectivity index (χ2v) is 8.06. The lowest BCUT2D eigenvalue weighted by atomic mass is 10.0. The van der Waals surface area contributed by atoms with Crippen LogP contribution < -0.4 is 5.32 Å². The van der Waals surface area contributed by atoms with E-state index in [1.54, 1.807) is 12.1 Å². The highest BCUT2D eigenvalue weighted by atomic mass is 19.1. The Hall–Kier alpha value is -3.24. The number of fused-ring (bicyclic) bond motifs is 1. The van der Waals surface area contributed by atoms with Crippen molar-refractivity contribution in [3.8, 4) is 11.1 Å². The molecule has 0 saturated carbocycles. The highest BCUT2D eigenvalue weighted by molar-refractivity contribution is 5.92. The van der Waals surface area contributed by atoms with Crippen LogP contribution in [0, 0.1) is 5.82 Å². The molecule has 0 unspecified atom stereocenters. The molecule has 152 valence electrons. The van der Waals surface area contributed by atoms with E-state index in [1.807, 2.05) is 30.3 Å². The van der Waals surface area contributed by atoms with Crippen LogP contribution in [0.3, 0.4) is 0 Å². The SMILES string of the molecule is CN(C)CC1=Cc2ccc(NC(=O)Cc3ccc(-c4ccc(F)cc4)cc3)cc2C1. The van der Waals surface area contributed by atoms with Crippen molar-refractivity contribution in [2.24, 2.45) is 0 Å². The molecule has 1 aliphatic carbocycles. The lowest BCUT2D eigenvalue weighted by Crippen LogP contribution is -2.15. The normalized spacial score (nSPS) is 12.6. The van der Waals surface area contributed by atoms with Crippen molar-refractivity contribution < 1.29 is 9.18 Å². The number of nitrogens with zero attached hydrogens (tertiary/aromatic N) is 1. The van der Waals surface area contributed by atoms with E-state index in [2.05, 4.69) is 42.5 Å². The number of carbonyl (C=O) groups excluding carboxylic acids is 1. The molecule has 0 radical (unpaired) electrons. The zero-order valence-corrected chi connectivity index (χ0v) is 17.3. The smallest absolute Gasteiger partial charge is 0.228 e. The minimum Gasteiger partial charge on any atom is -0.326 e. The van der Waals surface area contributed by atoms with E-state index in [9.17, 15) is 9.18 Å². The summed E-state index contributed by atoms with van der Waals surface area (Å²) in [6.07, 6.45) is 3.48. The molecule has 0 saturated heterocycles. The molecule has 0 bridgehead atoms. The number of halogens is 1. The Kier molecular flexibility index (Phi) is 5.77. The maximum absolute atomic E-state index is 13.1. The highest BCUT2D eigenvalue weighted by Gasteiger charge is 2.14. The van der Waals surface area contributed by atoms with Crippen molar-refractivity contribution >= 4 is 17.7 Å². The Balaban J connectivity index is 1.36. The van der Waals surface area contributed by atoms with Crippen LogP contribution in [0.4, 0.5) is 10.1 Å². The van der Waals surface area contributed by atoms with Gasteiger partial charge < -0.3 is 10.2 Å². The van der Waals surface area contributed by atoms with Gasteiger partial charge in [0.15, 0.2) is 0 Å². The summed E-state index contributed by atoms with van der Waals surface area (Å²) in [5.74, 6) is -0.285. The number of hydrogen-bond donors (Lipinski definition) is 1. The van der Waals surface area contributed by atoms with Crippen LogP contribution in [0.1, 0.15) is 16.7 Å². The molecule has 0 fully saturated rings. The Morgan fingerprint density at radius 1 is 0.967 bits per heavy atom. The van der Waals surface area contributed by atoms with Gasteiger partial charge in [-0.2, -0.15) is 0 Å². The van der Waals surface area contributed by atoms with E-state index in [0.29, 0.717) is 6.42 Å². The molecule has 1 aliphatic rings. The minimum absolute atomic E-state index is 0.0380. The molecule has 30 heavy (non-hydrogen) atoms. The Labute approximate surface area is 176 Å². The third-order valence-electron chi connectivity index (χ3n) is 5.22. The van der Waals surface area contributed by atoms with Crippen molar-refractivity contribution in [3.63, 3.8) is 0 Å². The molecular formula is C26H25FN2O. The van der Waals surface area contributed by atoms with E-state index in [4.69, 9.17) is 0 Å². The molecule has 3 nitrogen and oxygen atoms in total. The van der Waals surface area contributed by atoms with Gasteiger partial charge in [0.25, 0.3) is 0 Å². The third-order valence-corrected chi connectivity index (χ3v) is 5.22. The largest absolute Gasteiger partial charge is 0.326 e. The molecule has 1 N–H and O–H groups in total. The molecule has 0 heterocycles. The van der Waals surface area contributed by atoms with E-state index >= 15 is 0 Å².